The third-order valence-electron chi connectivity index (χ3n) is 3.85. The van der Waals surface area contributed by atoms with E-state index in [0.29, 0.717) is 25.6 Å². The second-order valence-corrected chi connectivity index (χ2v) is 7.57. The fourth-order valence-electron chi connectivity index (χ4n) is 2.35. The van der Waals surface area contributed by atoms with Gasteiger partial charge in [-0.3, -0.25) is 0 Å². The average molecular weight is 521 g/mol. The van der Waals surface area contributed by atoms with Gasteiger partial charge in [0.05, 0.1) is 0 Å². The van der Waals surface area contributed by atoms with Crippen molar-refractivity contribution in [1.82, 2.24) is 30.7 Å². The smallest absolute Gasteiger partial charge is 0.407 e. The zero-order valence-electron chi connectivity index (χ0n) is 18.4. The van der Waals surface area contributed by atoms with Crippen LogP contribution in [-0.4, -0.2) is 51.5 Å². The normalized spacial score (nSPS) is 12.6. The third-order valence-corrected chi connectivity index (χ3v) is 3.85. The van der Waals surface area contributed by atoms with Crippen molar-refractivity contribution in [1.29, 1.82) is 0 Å². The summed E-state index contributed by atoms with van der Waals surface area (Å²) in [4.78, 5) is 16.6. The molecular formula is C19H36IN7O2. The van der Waals surface area contributed by atoms with Crippen molar-refractivity contribution >= 4 is 36.0 Å². The Hall–Kier alpha value is -1.85. The van der Waals surface area contributed by atoms with Crippen LogP contribution in [0.4, 0.5) is 4.79 Å². The molecule has 1 rings (SSSR count). The highest BCUT2D eigenvalue weighted by Gasteiger charge is 2.19. The standard InChI is InChI=1S/C19H35N7O2.HI/c1-8-10-15(23-18(27)28-19(4,5)6)12-21-17(20-11-9-2)22-13-16-25-24-14(3)26(16)7;/h9,15H,2,8,10-13H2,1,3-7H3,(H,23,27)(H2,20,21,22);1H. The SMILES string of the molecule is C=CCNC(=NCc1nnc(C)n1C)NCC(CCC)NC(=O)OC(C)(C)C.I. The van der Waals surface area contributed by atoms with Gasteiger partial charge >= 0.3 is 6.09 Å². The lowest BCUT2D eigenvalue weighted by molar-refractivity contribution is 0.0502. The van der Waals surface area contributed by atoms with Crippen LogP contribution in [0.1, 0.15) is 52.2 Å². The van der Waals surface area contributed by atoms with E-state index in [9.17, 15) is 4.79 Å². The van der Waals surface area contributed by atoms with Gasteiger partial charge < -0.3 is 25.3 Å². The average Bonchev–Trinajstić information content (AvgIpc) is 2.91. The van der Waals surface area contributed by atoms with Gasteiger partial charge in [-0.2, -0.15) is 0 Å². The summed E-state index contributed by atoms with van der Waals surface area (Å²) < 4.78 is 7.25. The molecule has 0 aliphatic carbocycles. The van der Waals surface area contributed by atoms with Gasteiger partial charge in [-0.25, -0.2) is 9.79 Å². The minimum absolute atomic E-state index is 0. The van der Waals surface area contributed by atoms with Crippen molar-refractivity contribution in [2.24, 2.45) is 12.0 Å². The number of carbonyl (C=O) groups excluding carboxylic acids is 1. The molecule has 0 radical (unpaired) electrons. The molecule has 0 fully saturated rings. The molecule has 1 heterocycles. The summed E-state index contributed by atoms with van der Waals surface area (Å²) in [5, 5.41) is 17.5. The maximum Gasteiger partial charge on any atom is 0.407 e. The van der Waals surface area contributed by atoms with E-state index in [2.05, 4.69) is 44.6 Å². The lowest BCUT2D eigenvalue weighted by Crippen LogP contribution is -2.48. The van der Waals surface area contributed by atoms with Crippen LogP contribution < -0.4 is 16.0 Å². The summed E-state index contributed by atoms with van der Waals surface area (Å²) in [6.07, 6.45) is 3.10. The van der Waals surface area contributed by atoms with E-state index in [-0.39, 0.29) is 30.0 Å². The molecule has 0 saturated carbocycles. The third kappa shape index (κ3) is 11.1. The van der Waals surface area contributed by atoms with Crippen LogP contribution in [0.3, 0.4) is 0 Å². The minimum Gasteiger partial charge on any atom is -0.444 e. The predicted molar refractivity (Wildman–Crippen MR) is 127 cm³/mol. The number of guanidine groups is 1. The Labute approximate surface area is 191 Å². The largest absolute Gasteiger partial charge is 0.444 e. The molecule has 1 aromatic heterocycles. The molecule has 0 bridgehead atoms. The fourth-order valence-corrected chi connectivity index (χ4v) is 2.35. The van der Waals surface area contributed by atoms with Crippen LogP contribution in [0.5, 0.6) is 0 Å². The molecular weight excluding hydrogens is 485 g/mol. The molecule has 1 atom stereocenters. The number of hydrogen-bond acceptors (Lipinski definition) is 5. The number of alkyl carbamates (subject to hydrolysis) is 1. The maximum atomic E-state index is 12.1. The Morgan fingerprint density at radius 3 is 2.55 bits per heavy atom. The molecule has 1 amide bonds. The summed E-state index contributed by atoms with van der Waals surface area (Å²) in [5.41, 5.74) is -0.527. The first kappa shape index (κ1) is 27.1. The van der Waals surface area contributed by atoms with Crippen molar-refractivity contribution in [3.63, 3.8) is 0 Å². The molecule has 10 heteroatoms. The lowest BCUT2D eigenvalue weighted by atomic mass is 10.1. The van der Waals surface area contributed by atoms with E-state index >= 15 is 0 Å². The Morgan fingerprint density at radius 1 is 1.34 bits per heavy atom. The van der Waals surface area contributed by atoms with Gasteiger partial charge in [0.2, 0.25) is 0 Å². The Bertz CT molecular complexity index is 668. The van der Waals surface area contributed by atoms with E-state index in [1.54, 1.807) is 6.08 Å². The van der Waals surface area contributed by atoms with Crippen LogP contribution in [-0.2, 0) is 18.3 Å². The fraction of sp³-hybridized carbons (Fsp3) is 0.684. The maximum absolute atomic E-state index is 12.1. The number of nitrogens with one attached hydrogen (secondary N) is 3. The summed E-state index contributed by atoms with van der Waals surface area (Å²) in [7, 11) is 1.91. The van der Waals surface area contributed by atoms with Gasteiger partial charge in [-0.15, -0.1) is 40.8 Å². The Balaban J connectivity index is 0.00000784. The van der Waals surface area contributed by atoms with Gasteiger partial charge in [0, 0.05) is 26.2 Å². The van der Waals surface area contributed by atoms with Crippen LogP contribution in [0.15, 0.2) is 17.6 Å². The number of aryl methyl sites for hydroxylation is 1. The molecule has 0 spiro atoms. The second kappa shape index (κ2) is 13.4. The van der Waals surface area contributed by atoms with E-state index in [0.717, 1.165) is 24.5 Å². The quantitative estimate of drug-likeness (QED) is 0.200. The molecule has 1 aromatic rings. The molecule has 0 saturated heterocycles. The van der Waals surface area contributed by atoms with Crippen LogP contribution in [0, 0.1) is 6.92 Å². The molecule has 9 nitrogen and oxygen atoms in total. The topological polar surface area (TPSA) is 105 Å². The summed E-state index contributed by atoms with van der Waals surface area (Å²) >= 11 is 0. The van der Waals surface area contributed by atoms with Crippen LogP contribution >= 0.6 is 24.0 Å². The highest BCUT2D eigenvalue weighted by Crippen LogP contribution is 2.07. The summed E-state index contributed by atoms with van der Waals surface area (Å²) in [5.74, 6) is 2.23. The number of aromatic nitrogens is 3. The van der Waals surface area contributed by atoms with E-state index in [1.165, 1.54) is 0 Å². The van der Waals surface area contributed by atoms with Crippen LogP contribution in [0.2, 0.25) is 0 Å². The number of amides is 1. The van der Waals surface area contributed by atoms with Crippen molar-refractivity contribution in [3.05, 3.63) is 24.3 Å². The molecule has 3 N–H and O–H groups in total. The van der Waals surface area contributed by atoms with Gasteiger partial charge in [-0.1, -0.05) is 19.4 Å². The first-order valence-electron chi connectivity index (χ1n) is 9.63. The molecule has 1 unspecified atom stereocenters. The number of nitrogens with zero attached hydrogens (tertiary/aromatic N) is 4. The molecule has 0 aromatic carbocycles. The van der Waals surface area contributed by atoms with Gasteiger partial charge in [0.25, 0.3) is 0 Å². The summed E-state index contributed by atoms with van der Waals surface area (Å²) in [6.45, 7) is 14.7. The highest BCUT2D eigenvalue weighted by atomic mass is 127. The Kier molecular flexibility index (Phi) is 12.5. The van der Waals surface area contributed by atoms with E-state index in [4.69, 9.17) is 4.74 Å². The molecule has 0 aliphatic rings. The first-order chi connectivity index (χ1) is 13.2. The first-order valence-corrected chi connectivity index (χ1v) is 9.63. The highest BCUT2D eigenvalue weighted by molar-refractivity contribution is 14.0. The van der Waals surface area contributed by atoms with Crippen LogP contribution in [0.25, 0.3) is 0 Å². The van der Waals surface area contributed by atoms with Crippen molar-refractivity contribution in [2.45, 2.75) is 65.6 Å². The molecule has 166 valence electrons. The number of hydrogen-bond donors (Lipinski definition) is 3. The zero-order valence-corrected chi connectivity index (χ0v) is 20.7. The predicted octanol–water partition coefficient (Wildman–Crippen LogP) is 2.66. The molecule has 29 heavy (non-hydrogen) atoms. The number of aliphatic imine (C=N–C) groups is 1. The van der Waals surface area contributed by atoms with E-state index < -0.39 is 11.7 Å². The number of ether oxygens (including phenoxy) is 1. The second-order valence-electron chi connectivity index (χ2n) is 7.57. The Morgan fingerprint density at radius 2 is 2.03 bits per heavy atom. The van der Waals surface area contributed by atoms with E-state index in [1.807, 2.05) is 39.3 Å². The van der Waals surface area contributed by atoms with Gasteiger partial charge in [0.1, 0.15) is 18.0 Å². The monoisotopic (exact) mass is 521 g/mol. The van der Waals surface area contributed by atoms with Crippen molar-refractivity contribution in [2.75, 3.05) is 13.1 Å². The lowest BCUT2D eigenvalue weighted by Gasteiger charge is -2.24. The van der Waals surface area contributed by atoms with Crippen molar-refractivity contribution < 1.29 is 9.53 Å². The minimum atomic E-state index is -0.527. The number of halogens is 1. The van der Waals surface area contributed by atoms with Gasteiger partial charge in [0.15, 0.2) is 11.8 Å². The summed E-state index contributed by atoms with van der Waals surface area (Å²) in [6, 6.07) is -0.0762. The van der Waals surface area contributed by atoms with Crippen molar-refractivity contribution in [3.8, 4) is 0 Å². The molecule has 0 aliphatic heterocycles. The number of carbonyl (C=O) groups is 1. The van der Waals surface area contributed by atoms with Gasteiger partial charge in [-0.05, 0) is 34.1 Å². The number of rotatable bonds is 9. The zero-order chi connectivity index (χ0) is 21.2.